The van der Waals surface area contributed by atoms with Gasteiger partial charge in [-0.15, -0.1) is 0 Å². The summed E-state index contributed by atoms with van der Waals surface area (Å²) < 4.78 is 62.9. The van der Waals surface area contributed by atoms with Gasteiger partial charge in [0.25, 0.3) is 0 Å². The summed E-state index contributed by atoms with van der Waals surface area (Å²) in [5.74, 6) is 5.79. The highest BCUT2D eigenvalue weighted by molar-refractivity contribution is 7.89. The topological polar surface area (TPSA) is 104 Å². The molecule has 212 valence electrons. The number of aliphatic hydroxyl groups excluding tert-OH is 1. The molecule has 3 atom stereocenters. The number of aliphatic hydroxyl groups is 1. The Balaban J connectivity index is 1.74. The number of benzene rings is 3. The molecule has 3 aromatic rings. The van der Waals surface area contributed by atoms with E-state index in [9.17, 15) is 21.9 Å². The van der Waals surface area contributed by atoms with E-state index in [-0.39, 0.29) is 35.2 Å². The second-order valence-corrected chi connectivity index (χ2v) is 14.0. The highest BCUT2D eigenvalue weighted by atomic mass is 32.2. The van der Waals surface area contributed by atoms with E-state index in [0.29, 0.717) is 5.56 Å². The van der Waals surface area contributed by atoms with Crippen molar-refractivity contribution < 1.29 is 26.7 Å². The summed E-state index contributed by atoms with van der Waals surface area (Å²) in [6, 6.07) is 20.0. The van der Waals surface area contributed by atoms with Crippen molar-refractivity contribution in [2.75, 3.05) is 26.7 Å². The zero-order valence-electron chi connectivity index (χ0n) is 23.0. The third-order valence-corrected chi connectivity index (χ3v) is 10.8. The van der Waals surface area contributed by atoms with Gasteiger partial charge in [-0.1, -0.05) is 54.7 Å². The number of sulfonamides is 2. The molecule has 4 rings (SSSR count). The molecule has 1 aliphatic heterocycles. The van der Waals surface area contributed by atoms with Gasteiger partial charge in [0.05, 0.1) is 18.0 Å². The van der Waals surface area contributed by atoms with Crippen LogP contribution in [0.5, 0.6) is 5.75 Å². The van der Waals surface area contributed by atoms with Gasteiger partial charge in [0.1, 0.15) is 16.7 Å². The lowest BCUT2D eigenvalue weighted by molar-refractivity contribution is 0.0904. The number of nitrogens with zero attached hydrogens (tertiary/aromatic N) is 2. The number of rotatable bonds is 6. The first-order valence-electron chi connectivity index (χ1n) is 13.0. The van der Waals surface area contributed by atoms with E-state index >= 15 is 0 Å². The SMILES string of the molecule is Cc1ccc(S(=O)(=O)N(C)C[C@@H]2Oc3cc(C#Cc4ccccc4)ccc3S(=O)(=O)N([C@@H](C)CO)C[C@H]2C)cc1. The molecular formula is C30H34N2O6S2. The Morgan fingerprint density at radius 3 is 2.35 bits per heavy atom. The lowest BCUT2D eigenvalue weighted by atomic mass is 10.0. The Labute approximate surface area is 237 Å². The molecule has 0 saturated heterocycles. The Kier molecular flexibility index (Phi) is 9.02. The van der Waals surface area contributed by atoms with Gasteiger partial charge in [-0.3, -0.25) is 0 Å². The number of fused-ring (bicyclic) bond motifs is 1. The molecule has 8 nitrogen and oxygen atoms in total. The van der Waals surface area contributed by atoms with Crippen LogP contribution in [-0.2, 0) is 20.0 Å². The molecule has 1 N–H and O–H groups in total. The van der Waals surface area contributed by atoms with E-state index in [1.165, 1.54) is 21.7 Å². The third-order valence-electron chi connectivity index (χ3n) is 6.96. The van der Waals surface area contributed by atoms with Crippen LogP contribution in [-0.4, -0.2) is 69.4 Å². The van der Waals surface area contributed by atoms with Crippen LogP contribution in [0.2, 0.25) is 0 Å². The van der Waals surface area contributed by atoms with E-state index in [1.54, 1.807) is 43.3 Å². The molecule has 1 heterocycles. The van der Waals surface area contributed by atoms with Crippen LogP contribution in [0.3, 0.4) is 0 Å². The molecule has 3 aromatic carbocycles. The van der Waals surface area contributed by atoms with Crippen molar-refractivity contribution in [2.24, 2.45) is 5.92 Å². The van der Waals surface area contributed by atoms with Crippen molar-refractivity contribution in [1.82, 2.24) is 8.61 Å². The number of likely N-dealkylation sites (N-methyl/N-ethyl adjacent to an activating group) is 1. The van der Waals surface area contributed by atoms with Crippen LogP contribution in [0.4, 0.5) is 0 Å². The van der Waals surface area contributed by atoms with Gasteiger partial charge in [0, 0.05) is 36.7 Å². The maximum Gasteiger partial charge on any atom is 0.247 e. The standard InChI is InChI=1S/C30H34N2O6S2/c1-22-10-15-27(16-11-22)39(34,35)31(4)20-29-23(2)19-32(24(3)21-33)40(36,37)30-17-14-26(18-28(30)38-29)13-12-25-8-6-5-7-9-25/h5-11,14-18,23-24,29,33H,19-21H2,1-4H3/t23-,24+,29+/m1/s1. The largest absolute Gasteiger partial charge is 0.487 e. The van der Waals surface area contributed by atoms with Crippen LogP contribution in [0.15, 0.2) is 82.6 Å². The molecule has 0 unspecified atom stereocenters. The van der Waals surface area contributed by atoms with Gasteiger partial charge in [-0.2, -0.15) is 8.61 Å². The fraction of sp³-hybridized carbons (Fsp3) is 0.333. The average Bonchev–Trinajstić information content (AvgIpc) is 2.94. The molecule has 0 aromatic heterocycles. The molecule has 0 radical (unpaired) electrons. The Morgan fingerprint density at radius 2 is 1.70 bits per heavy atom. The van der Waals surface area contributed by atoms with Crippen molar-refractivity contribution >= 4 is 20.0 Å². The highest BCUT2D eigenvalue weighted by Gasteiger charge is 2.39. The quantitative estimate of drug-likeness (QED) is 0.447. The molecule has 40 heavy (non-hydrogen) atoms. The number of ether oxygens (including phenoxy) is 1. The molecule has 0 aliphatic carbocycles. The van der Waals surface area contributed by atoms with Gasteiger partial charge in [0.2, 0.25) is 20.0 Å². The number of hydrogen-bond donors (Lipinski definition) is 1. The summed E-state index contributed by atoms with van der Waals surface area (Å²) in [6.07, 6.45) is -0.690. The third kappa shape index (κ3) is 6.40. The van der Waals surface area contributed by atoms with E-state index in [2.05, 4.69) is 11.8 Å². The van der Waals surface area contributed by atoms with Crippen molar-refractivity contribution in [3.63, 3.8) is 0 Å². The molecule has 0 bridgehead atoms. The van der Waals surface area contributed by atoms with E-state index in [4.69, 9.17) is 4.74 Å². The predicted molar refractivity (Wildman–Crippen MR) is 154 cm³/mol. The minimum Gasteiger partial charge on any atom is -0.487 e. The first-order valence-corrected chi connectivity index (χ1v) is 15.8. The van der Waals surface area contributed by atoms with E-state index in [1.807, 2.05) is 44.2 Å². The highest BCUT2D eigenvalue weighted by Crippen LogP contribution is 2.34. The Hall–Kier alpha value is -3.20. The van der Waals surface area contributed by atoms with E-state index < -0.39 is 38.1 Å². The van der Waals surface area contributed by atoms with Crippen LogP contribution in [0.1, 0.15) is 30.5 Å². The average molecular weight is 583 g/mol. The van der Waals surface area contributed by atoms with Crippen LogP contribution in [0, 0.1) is 24.7 Å². The molecule has 0 fully saturated rings. The molecular weight excluding hydrogens is 548 g/mol. The normalized spacial score (nSPS) is 19.9. The molecule has 0 saturated carbocycles. The molecule has 10 heteroatoms. The maximum atomic E-state index is 13.7. The lowest BCUT2D eigenvalue weighted by Gasteiger charge is -2.37. The van der Waals surface area contributed by atoms with Crippen molar-refractivity contribution in [3.05, 3.63) is 89.5 Å². The summed E-state index contributed by atoms with van der Waals surface area (Å²) >= 11 is 0. The number of hydrogen-bond acceptors (Lipinski definition) is 6. The molecule has 0 spiro atoms. The second kappa shape index (κ2) is 12.1. The summed E-state index contributed by atoms with van der Waals surface area (Å²) in [6.45, 7) is 4.99. The van der Waals surface area contributed by atoms with Gasteiger partial charge < -0.3 is 9.84 Å². The zero-order chi connectivity index (χ0) is 29.1. The second-order valence-electron chi connectivity index (χ2n) is 10.1. The minimum absolute atomic E-state index is 0.0157. The van der Waals surface area contributed by atoms with Crippen LogP contribution < -0.4 is 4.74 Å². The Morgan fingerprint density at radius 1 is 1.05 bits per heavy atom. The molecule has 1 aliphatic rings. The number of aryl methyl sites for hydroxylation is 1. The van der Waals surface area contributed by atoms with Gasteiger partial charge in [-0.05, 0) is 56.3 Å². The summed E-state index contributed by atoms with van der Waals surface area (Å²) in [5, 5.41) is 9.86. The van der Waals surface area contributed by atoms with Crippen molar-refractivity contribution in [1.29, 1.82) is 0 Å². The fourth-order valence-electron chi connectivity index (χ4n) is 4.43. The lowest BCUT2D eigenvalue weighted by Crippen LogP contribution is -2.50. The van der Waals surface area contributed by atoms with E-state index in [0.717, 1.165) is 11.1 Å². The van der Waals surface area contributed by atoms with Gasteiger partial charge >= 0.3 is 0 Å². The minimum atomic E-state index is -4.03. The van der Waals surface area contributed by atoms with Crippen molar-refractivity contribution in [3.8, 4) is 17.6 Å². The summed E-state index contributed by atoms with van der Waals surface area (Å²) in [7, 11) is -6.37. The van der Waals surface area contributed by atoms with Crippen LogP contribution in [0.25, 0.3) is 0 Å². The van der Waals surface area contributed by atoms with Crippen LogP contribution >= 0.6 is 0 Å². The molecule has 0 amide bonds. The first kappa shape index (κ1) is 29.8. The Bertz CT molecular complexity index is 1610. The van der Waals surface area contributed by atoms with Gasteiger partial charge in [0.15, 0.2) is 0 Å². The maximum absolute atomic E-state index is 13.7. The smallest absolute Gasteiger partial charge is 0.247 e. The monoisotopic (exact) mass is 582 g/mol. The van der Waals surface area contributed by atoms with Crippen molar-refractivity contribution in [2.45, 2.75) is 42.7 Å². The predicted octanol–water partition coefficient (Wildman–Crippen LogP) is 3.48. The zero-order valence-corrected chi connectivity index (χ0v) is 24.6. The summed E-state index contributed by atoms with van der Waals surface area (Å²) in [4.78, 5) is 0.107. The first-order chi connectivity index (χ1) is 18.9. The fourth-order valence-corrected chi connectivity index (χ4v) is 7.44. The van der Waals surface area contributed by atoms with Gasteiger partial charge in [-0.25, -0.2) is 16.8 Å². The summed E-state index contributed by atoms with van der Waals surface area (Å²) in [5.41, 5.74) is 2.30.